The molecule has 2 rings (SSSR count). The van der Waals surface area contributed by atoms with Crippen LogP contribution in [0.25, 0.3) is 11.0 Å². The molecule has 0 spiro atoms. The van der Waals surface area contributed by atoms with Crippen molar-refractivity contribution in [2.45, 2.75) is 26.8 Å². The van der Waals surface area contributed by atoms with E-state index in [1.54, 1.807) is 4.57 Å². The normalized spacial score (nSPS) is 12.8. The molecule has 0 saturated heterocycles. The Labute approximate surface area is 126 Å². The average molecular weight is 339 g/mol. The van der Waals surface area contributed by atoms with Gasteiger partial charge in [0.05, 0.1) is 11.0 Å². The first-order chi connectivity index (χ1) is 9.40. The van der Waals surface area contributed by atoms with E-state index in [2.05, 4.69) is 40.1 Å². The number of carbonyl (C=O) groups is 1. The molecule has 0 radical (unpaired) electrons. The number of imidazole rings is 1. The molecule has 1 heterocycles. The highest BCUT2D eigenvalue weighted by atomic mass is 79.9. The molecule has 0 fully saturated rings. The van der Waals surface area contributed by atoms with Crippen molar-refractivity contribution in [3.63, 3.8) is 0 Å². The summed E-state index contributed by atoms with van der Waals surface area (Å²) >= 11 is 3.40. The summed E-state index contributed by atoms with van der Waals surface area (Å²) < 4.78 is 2.70. The van der Waals surface area contributed by atoms with Gasteiger partial charge in [0, 0.05) is 11.0 Å². The van der Waals surface area contributed by atoms with Gasteiger partial charge in [-0.3, -0.25) is 9.36 Å². The fraction of sp³-hybridized carbons (Fsp3) is 0.429. The topological polar surface area (TPSA) is 72.9 Å². The number of halogens is 1. The maximum Gasteiger partial charge on any atom is 0.242 e. The Balaban J connectivity index is 2.32. The van der Waals surface area contributed by atoms with Gasteiger partial charge in [-0.05, 0) is 31.0 Å². The van der Waals surface area contributed by atoms with Crippen molar-refractivity contribution in [1.82, 2.24) is 14.9 Å². The first kappa shape index (κ1) is 14.8. The van der Waals surface area contributed by atoms with Gasteiger partial charge >= 0.3 is 0 Å². The van der Waals surface area contributed by atoms with E-state index in [0.29, 0.717) is 18.4 Å². The monoisotopic (exact) mass is 338 g/mol. The fourth-order valence-corrected chi connectivity index (χ4v) is 2.42. The predicted octanol–water partition coefficient (Wildman–Crippen LogP) is 2.71. The van der Waals surface area contributed by atoms with E-state index in [1.165, 1.54) is 0 Å². The number of carbonyl (C=O) groups excluding carboxylic acids is 1. The fourth-order valence-electron chi connectivity index (χ4n) is 2.07. The van der Waals surface area contributed by atoms with Gasteiger partial charge in [-0.2, -0.15) is 0 Å². The van der Waals surface area contributed by atoms with Crippen LogP contribution < -0.4 is 11.1 Å². The Morgan fingerprint density at radius 3 is 2.80 bits per heavy atom. The summed E-state index contributed by atoms with van der Waals surface area (Å²) in [4.78, 5) is 16.5. The van der Waals surface area contributed by atoms with Crippen LogP contribution in [-0.2, 0) is 4.79 Å². The van der Waals surface area contributed by atoms with Crippen LogP contribution in [-0.4, -0.2) is 22.0 Å². The number of fused-ring (bicyclic) bond motifs is 1. The van der Waals surface area contributed by atoms with Gasteiger partial charge in [-0.25, -0.2) is 4.98 Å². The molecule has 0 bridgehead atoms. The lowest BCUT2D eigenvalue weighted by molar-refractivity contribution is -0.123. The molecule has 3 N–H and O–H groups in total. The Hall–Kier alpha value is -1.56. The number of amides is 1. The largest absolute Gasteiger partial charge is 0.369 e. The maximum absolute atomic E-state index is 12.2. The van der Waals surface area contributed by atoms with Gasteiger partial charge in [0.2, 0.25) is 11.9 Å². The molecule has 108 valence electrons. The number of hydrogen-bond acceptors (Lipinski definition) is 3. The number of hydrogen-bond donors (Lipinski definition) is 2. The second-order valence-electron chi connectivity index (χ2n) is 5.29. The quantitative estimate of drug-likeness (QED) is 0.900. The maximum atomic E-state index is 12.2. The first-order valence-electron chi connectivity index (χ1n) is 6.60. The second-order valence-corrected chi connectivity index (χ2v) is 6.20. The van der Waals surface area contributed by atoms with Gasteiger partial charge in [0.1, 0.15) is 6.04 Å². The molecule has 2 aromatic rings. The van der Waals surface area contributed by atoms with E-state index in [9.17, 15) is 4.79 Å². The number of nitrogens with zero attached hydrogens (tertiary/aromatic N) is 2. The lowest BCUT2D eigenvalue weighted by atomic mass is 10.2. The van der Waals surface area contributed by atoms with Gasteiger partial charge < -0.3 is 11.1 Å². The van der Waals surface area contributed by atoms with E-state index in [1.807, 2.05) is 25.1 Å². The number of nitrogens with one attached hydrogen (secondary N) is 1. The summed E-state index contributed by atoms with van der Waals surface area (Å²) in [5.41, 5.74) is 7.59. The Morgan fingerprint density at radius 1 is 1.45 bits per heavy atom. The molecule has 0 aliphatic carbocycles. The Morgan fingerprint density at radius 2 is 2.15 bits per heavy atom. The van der Waals surface area contributed by atoms with Crippen LogP contribution in [0.4, 0.5) is 5.95 Å². The molecular formula is C14H19BrN4O. The molecule has 0 saturated carbocycles. The van der Waals surface area contributed by atoms with Crippen molar-refractivity contribution in [2.75, 3.05) is 12.3 Å². The van der Waals surface area contributed by atoms with Crippen LogP contribution in [0.3, 0.4) is 0 Å². The van der Waals surface area contributed by atoms with Gasteiger partial charge in [-0.15, -0.1) is 0 Å². The highest BCUT2D eigenvalue weighted by Crippen LogP contribution is 2.25. The van der Waals surface area contributed by atoms with E-state index >= 15 is 0 Å². The average Bonchev–Trinajstić information content (AvgIpc) is 2.69. The van der Waals surface area contributed by atoms with Gasteiger partial charge in [0.25, 0.3) is 0 Å². The summed E-state index contributed by atoms with van der Waals surface area (Å²) in [6.07, 6.45) is 0. The number of aromatic nitrogens is 2. The van der Waals surface area contributed by atoms with Crippen molar-refractivity contribution in [3.05, 3.63) is 22.7 Å². The van der Waals surface area contributed by atoms with E-state index in [-0.39, 0.29) is 11.9 Å². The lowest BCUT2D eigenvalue weighted by Crippen LogP contribution is -2.33. The molecule has 1 aromatic carbocycles. The predicted molar refractivity (Wildman–Crippen MR) is 84.4 cm³/mol. The third kappa shape index (κ3) is 2.95. The first-order valence-corrected chi connectivity index (χ1v) is 7.40. The number of anilines is 1. The van der Waals surface area contributed by atoms with Crippen LogP contribution >= 0.6 is 15.9 Å². The number of rotatable bonds is 4. The highest BCUT2D eigenvalue weighted by Gasteiger charge is 2.20. The zero-order valence-electron chi connectivity index (χ0n) is 11.9. The Kier molecular flexibility index (Phi) is 4.32. The molecule has 1 aromatic heterocycles. The zero-order chi connectivity index (χ0) is 14.9. The number of nitrogen functional groups attached to an aromatic ring is 1. The molecule has 5 nitrogen and oxygen atoms in total. The lowest BCUT2D eigenvalue weighted by Gasteiger charge is -2.16. The summed E-state index contributed by atoms with van der Waals surface area (Å²) in [6, 6.07) is 5.33. The van der Waals surface area contributed by atoms with E-state index < -0.39 is 0 Å². The molecule has 0 aliphatic rings. The number of nitrogens with two attached hydrogens (primary N) is 1. The molecule has 20 heavy (non-hydrogen) atoms. The third-order valence-corrected chi connectivity index (χ3v) is 3.62. The summed E-state index contributed by atoms with van der Waals surface area (Å²) in [5.74, 6) is 0.719. The molecule has 1 amide bonds. The van der Waals surface area contributed by atoms with Gasteiger partial charge in [0.15, 0.2) is 0 Å². The minimum atomic E-state index is -0.389. The van der Waals surface area contributed by atoms with Crippen molar-refractivity contribution >= 4 is 38.8 Å². The van der Waals surface area contributed by atoms with Crippen LogP contribution in [0, 0.1) is 5.92 Å². The van der Waals surface area contributed by atoms with Crippen molar-refractivity contribution in [1.29, 1.82) is 0 Å². The third-order valence-electron chi connectivity index (χ3n) is 3.13. The minimum absolute atomic E-state index is 0.0485. The second kappa shape index (κ2) is 5.83. The number of benzene rings is 1. The standard InChI is InChI=1S/C14H19BrN4O/c1-8(2)7-17-13(20)9(3)19-12-5-4-10(15)6-11(12)18-14(19)16/h4-6,8-9H,7H2,1-3H3,(H2,16,18)(H,17,20). The van der Waals surface area contributed by atoms with E-state index in [4.69, 9.17) is 5.73 Å². The molecule has 6 heteroatoms. The van der Waals surface area contributed by atoms with Crippen molar-refractivity contribution < 1.29 is 4.79 Å². The minimum Gasteiger partial charge on any atom is -0.369 e. The van der Waals surface area contributed by atoms with Crippen LogP contribution in [0.2, 0.25) is 0 Å². The van der Waals surface area contributed by atoms with Crippen molar-refractivity contribution in [3.8, 4) is 0 Å². The zero-order valence-corrected chi connectivity index (χ0v) is 13.4. The highest BCUT2D eigenvalue weighted by molar-refractivity contribution is 9.10. The summed E-state index contributed by atoms with van der Waals surface area (Å²) in [5, 5.41) is 2.92. The molecule has 1 unspecified atom stereocenters. The van der Waals surface area contributed by atoms with Crippen LogP contribution in [0.1, 0.15) is 26.8 Å². The molecular weight excluding hydrogens is 320 g/mol. The van der Waals surface area contributed by atoms with Crippen LogP contribution in [0.5, 0.6) is 0 Å². The van der Waals surface area contributed by atoms with Crippen molar-refractivity contribution in [2.24, 2.45) is 5.92 Å². The molecule has 1 atom stereocenters. The summed E-state index contributed by atoms with van der Waals surface area (Å²) in [6.45, 7) is 6.60. The summed E-state index contributed by atoms with van der Waals surface area (Å²) in [7, 11) is 0. The van der Waals surface area contributed by atoms with Gasteiger partial charge in [-0.1, -0.05) is 29.8 Å². The van der Waals surface area contributed by atoms with E-state index in [0.717, 1.165) is 15.5 Å². The Bertz CT molecular complexity index is 635. The smallest absolute Gasteiger partial charge is 0.242 e. The molecule has 0 aliphatic heterocycles. The van der Waals surface area contributed by atoms with Crippen LogP contribution in [0.15, 0.2) is 22.7 Å². The SMILES string of the molecule is CC(C)CNC(=O)C(C)n1c(N)nc2cc(Br)ccc21.